The summed E-state index contributed by atoms with van der Waals surface area (Å²) in [7, 11) is 1.30. The molecule has 1 aliphatic rings. The number of carbonyl (C=O) groups is 2. The highest BCUT2D eigenvalue weighted by Crippen LogP contribution is 2.31. The monoisotopic (exact) mass is 182 g/mol. The van der Waals surface area contributed by atoms with Crippen LogP contribution in [0, 0.1) is 11.3 Å². The van der Waals surface area contributed by atoms with Crippen LogP contribution in [0.25, 0.3) is 0 Å². The number of allylic oxidation sites excluding steroid dienone is 1. The Hall–Kier alpha value is -1.12. The van der Waals surface area contributed by atoms with Gasteiger partial charge in [0.1, 0.15) is 5.41 Å². The minimum atomic E-state index is -1.06. The van der Waals surface area contributed by atoms with Crippen molar-refractivity contribution >= 4 is 11.8 Å². The summed E-state index contributed by atoms with van der Waals surface area (Å²) in [5.41, 5.74) is -1.06. The number of esters is 1. The van der Waals surface area contributed by atoms with Gasteiger partial charge in [-0.1, -0.05) is 19.1 Å². The Kier molecular flexibility index (Phi) is 2.55. The Morgan fingerprint density at radius 3 is 2.85 bits per heavy atom. The number of ether oxygens (including phenoxy) is 1. The van der Waals surface area contributed by atoms with E-state index in [1.807, 2.05) is 13.0 Å². The smallest absolute Gasteiger partial charge is 0.322 e. The van der Waals surface area contributed by atoms with E-state index in [1.165, 1.54) is 7.11 Å². The minimum absolute atomic E-state index is 0.0538. The van der Waals surface area contributed by atoms with Crippen LogP contribution in [0.4, 0.5) is 0 Å². The molecule has 2 atom stereocenters. The van der Waals surface area contributed by atoms with Gasteiger partial charge in [0, 0.05) is 5.92 Å². The lowest BCUT2D eigenvalue weighted by Gasteiger charge is -2.27. The van der Waals surface area contributed by atoms with Crippen LogP contribution in [-0.2, 0) is 14.3 Å². The molecule has 3 nitrogen and oxygen atoms in total. The molecule has 0 bridgehead atoms. The SMILES string of the molecule is COC(=O)[C@@]1(C)C=CC[C@H](C)C1=O. The highest BCUT2D eigenvalue weighted by atomic mass is 16.5. The molecule has 0 aromatic heterocycles. The number of hydrogen-bond donors (Lipinski definition) is 0. The molecule has 0 aromatic carbocycles. The third kappa shape index (κ3) is 1.50. The number of carbonyl (C=O) groups excluding carboxylic acids is 2. The predicted molar refractivity (Wildman–Crippen MR) is 48.1 cm³/mol. The Balaban J connectivity index is 3.01. The molecule has 0 aliphatic heterocycles. The average Bonchev–Trinajstić information content (AvgIpc) is 2.13. The largest absolute Gasteiger partial charge is 0.468 e. The molecular weight excluding hydrogens is 168 g/mol. The van der Waals surface area contributed by atoms with E-state index in [1.54, 1.807) is 13.0 Å². The molecule has 0 amide bonds. The van der Waals surface area contributed by atoms with Crippen LogP contribution in [0.5, 0.6) is 0 Å². The standard InChI is InChI=1S/C10H14O3/c1-7-5-4-6-10(2,8(7)11)9(12)13-3/h4,6-7H,5H2,1-3H3/t7-,10-/m0/s1. The molecule has 0 spiro atoms. The molecule has 0 aromatic rings. The van der Waals surface area contributed by atoms with Gasteiger partial charge in [0.05, 0.1) is 7.11 Å². The first-order valence-electron chi connectivity index (χ1n) is 4.33. The lowest BCUT2D eigenvalue weighted by molar-refractivity contribution is -0.155. The van der Waals surface area contributed by atoms with Gasteiger partial charge in [-0.3, -0.25) is 9.59 Å². The van der Waals surface area contributed by atoms with E-state index in [2.05, 4.69) is 4.74 Å². The maximum Gasteiger partial charge on any atom is 0.322 e. The highest BCUT2D eigenvalue weighted by Gasteiger charge is 2.43. The van der Waals surface area contributed by atoms with Crippen molar-refractivity contribution in [3.63, 3.8) is 0 Å². The number of rotatable bonds is 1. The third-order valence-corrected chi connectivity index (χ3v) is 2.51. The predicted octanol–water partition coefficient (Wildman–Crippen LogP) is 1.33. The molecule has 0 fully saturated rings. The molecule has 0 saturated heterocycles. The summed E-state index contributed by atoms with van der Waals surface area (Å²) < 4.78 is 4.60. The lowest BCUT2D eigenvalue weighted by atomic mass is 9.75. The summed E-state index contributed by atoms with van der Waals surface area (Å²) >= 11 is 0. The normalized spacial score (nSPS) is 33.2. The second kappa shape index (κ2) is 3.32. The summed E-state index contributed by atoms with van der Waals surface area (Å²) in [4.78, 5) is 23.0. The summed E-state index contributed by atoms with van der Waals surface area (Å²) in [6, 6.07) is 0. The van der Waals surface area contributed by atoms with E-state index in [4.69, 9.17) is 0 Å². The van der Waals surface area contributed by atoms with Crippen molar-refractivity contribution in [3.05, 3.63) is 12.2 Å². The summed E-state index contributed by atoms with van der Waals surface area (Å²) in [5, 5.41) is 0. The van der Waals surface area contributed by atoms with Crippen molar-refractivity contribution in [3.8, 4) is 0 Å². The van der Waals surface area contributed by atoms with Crippen LogP contribution in [0.2, 0.25) is 0 Å². The first kappa shape index (κ1) is 9.96. The van der Waals surface area contributed by atoms with Crippen LogP contribution < -0.4 is 0 Å². The van der Waals surface area contributed by atoms with E-state index < -0.39 is 11.4 Å². The first-order chi connectivity index (χ1) is 6.02. The van der Waals surface area contributed by atoms with Gasteiger partial charge < -0.3 is 4.74 Å². The molecule has 1 aliphatic carbocycles. The molecule has 72 valence electrons. The molecule has 0 radical (unpaired) electrons. The number of methoxy groups -OCH3 is 1. The average molecular weight is 182 g/mol. The van der Waals surface area contributed by atoms with Gasteiger partial charge in [0.25, 0.3) is 0 Å². The number of ketones is 1. The van der Waals surface area contributed by atoms with Gasteiger partial charge in [-0.15, -0.1) is 0 Å². The van der Waals surface area contributed by atoms with Gasteiger partial charge in [0.2, 0.25) is 0 Å². The van der Waals surface area contributed by atoms with Gasteiger partial charge in [-0.2, -0.15) is 0 Å². The van der Waals surface area contributed by atoms with Crippen LogP contribution in [0.1, 0.15) is 20.3 Å². The second-order valence-corrected chi connectivity index (χ2v) is 3.60. The molecule has 0 heterocycles. The number of hydrogen-bond acceptors (Lipinski definition) is 3. The highest BCUT2D eigenvalue weighted by molar-refractivity contribution is 6.07. The molecule has 0 saturated carbocycles. The summed E-state index contributed by atoms with van der Waals surface area (Å²) in [6.45, 7) is 3.43. The minimum Gasteiger partial charge on any atom is -0.468 e. The van der Waals surface area contributed by atoms with Crippen LogP contribution in [0.15, 0.2) is 12.2 Å². The summed E-state index contributed by atoms with van der Waals surface area (Å²) in [6.07, 6.45) is 4.22. The topological polar surface area (TPSA) is 43.4 Å². The van der Waals surface area contributed by atoms with Gasteiger partial charge >= 0.3 is 5.97 Å². The second-order valence-electron chi connectivity index (χ2n) is 3.60. The zero-order valence-corrected chi connectivity index (χ0v) is 8.16. The Labute approximate surface area is 77.8 Å². The first-order valence-corrected chi connectivity index (χ1v) is 4.33. The fraction of sp³-hybridized carbons (Fsp3) is 0.600. The molecule has 3 heteroatoms. The summed E-state index contributed by atoms with van der Waals surface area (Å²) in [5.74, 6) is -0.615. The van der Waals surface area contributed by atoms with Crippen molar-refractivity contribution in [2.24, 2.45) is 11.3 Å². The number of Topliss-reactive ketones (excluding diaryl/α,β-unsaturated/α-hetero) is 1. The van der Waals surface area contributed by atoms with Gasteiger partial charge in [-0.25, -0.2) is 0 Å². The van der Waals surface area contributed by atoms with Crippen molar-refractivity contribution in [1.29, 1.82) is 0 Å². The quantitative estimate of drug-likeness (QED) is 0.349. The molecule has 1 rings (SSSR count). The van der Waals surface area contributed by atoms with Crippen molar-refractivity contribution in [2.45, 2.75) is 20.3 Å². The van der Waals surface area contributed by atoms with E-state index >= 15 is 0 Å². The Morgan fingerprint density at radius 1 is 1.69 bits per heavy atom. The zero-order valence-electron chi connectivity index (χ0n) is 8.16. The van der Waals surface area contributed by atoms with Crippen molar-refractivity contribution < 1.29 is 14.3 Å². The molecule has 13 heavy (non-hydrogen) atoms. The van der Waals surface area contributed by atoms with Crippen LogP contribution in [-0.4, -0.2) is 18.9 Å². The van der Waals surface area contributed by atoms with E-state index in [0.29, 0.717) is 6.42 Å². The maximum absolute atomic E-state index is 11.7. The van der Waals surface area contributed by atoms with Crippen LogP contribution in [0.3, 0.4) is 0 Å². The molecule has 0 unspecified atom stereocenters. The van der Waals surface area contributed by atoms with Crippen molar-refractivity contribution in [2.75, 3.05) is 7.11 Å². The Morgan fingerprint density at radius 2 is 2.31 bits per heavy atom. The fourth-order valence-electron chi connectivity index (χ4n) is 1.59. The van der Waals surface area contributed by atoms with E-state index in [9.17, 15) is 9.59 Å². The van der Waals surface area contributed by atoms with E-state index in [-0.39, 0.29) is 11.7 Å². The molecular formula is C10H14O3. The molecule has 0 N–H and O–H groups in total. The maximum atomic E-state index is 11.7. The third-order valence-electron chi connectivity index (χ3n) is 2.51. The lowest BCUT2D eigenvalue weighted by Crippen LogP contribution is -2.40. The Bertz CT molecular complexity index is 267. The van der Waals surface area contributed by atoms with Gasteiger partial charge in [0.15, 0.2) is 5.78 Å². The van der Waals surface area contributed by atoms with Crippen LogP contribution >= 0.6 is 0 Å². The van der Waals surface area contributed by atoms with Crippen molar-refractivity contribution in [1.82, 2.24) is 0 Å². The van der Waals surface area contributed by atoms with Gasteiger partial charge in [-0.05, 0) is 13.3 Å². The van der Waals surface area contributed by atoms with E-state index in [0.717, 1.165) is 0 Å². The zero-order chi connectivity index (χ0) is 10.1. The fourth-order valence-corrected chi connectivity index (χ4v) is 1.59.